The van der Waals surface area contributed by atoms with Crippen LogP contribution in [0.4, 0.5) is 26.3 Å². The largest absolute Gasteiger partial charge is 0.478 e. The van der Waals surface area contributed by atoms with Gasteiger partial charge >= 0.3 is 18.3 Å². The van der Waals surface area contributed by atoms with E-state index in [-0.39, 0.29) is 27.6 Å². The molecule has 0 spiro atoms. The predicted molar refractivity (Wildman–Crippen MR) is 85.4 cm³/mol. The minimum absolute atomic E-state index is 0.0281. The molecule has 0 saturated heterocycles. The van der Waals surface area contributed by atoms with Gasteiger partial charge in [0.1, 0.15) is 6.54 Å². The molecule has 0 saturated carbocycles. The van der Waals surface area contributed by atoms with Gasteiger partial charge in [-0.1, -0.05) is 24.3 Å². The summed E-state index contributed by atoms with van der Waals surface area (Å²) in [6.45, 7) is -1.41. The van der Waals surface area contributed by atoms with Gasteiger partial charge in [-0.25, -0.2) is 4.79 Å². The first-order valence-corrected chi connectivity index (χ1v) is 7.56. The van der Waals surface area contributed by atoms with E-state index in [9.17, 15) is 36.2 Å². The van der Waals surface area contributed by atoms with Gasteiger partial charge in [0.15, 0.2) is 0 Å². The second-order valence-electron chi connectivity index (χ2n) is 5.90. The van der Waals surface area contributed by atoms with Crippen molar-refractivity contribution in [1.29, 1.82) is 0 Å². The highest BCUT2D eigenvalue weighted by atomic mass is 19.4. The number of nitrogens with zero attached hydrogens (tertiary/aromatic N) is 1. The fourth-order valence-corrected chi connectivity index (χ4v) is 2.84. The molecule has 1 heterocycles. The molecule has 1 N–H and O–H groups in total. The third kappa shape index (κ3) is 3.91. The van der Waals surface area contributed by atoms with Crippen LogP contribution in [0.2, 0.25) is 0 Å². The van der Waals surface area contributed by atoms with E-state index in [1.54, 1.807) is 0 Å². The lowest BCUT2D eigenvalue weighted by atomic mass is 10.0. The molecule has 9 heteroatoms. The maximum Gasteiger partial charge on any atom is 0.416 e. The molecule has 0 bridgehead atoms. The van der Waals surface area contributed by atoms with E-state index >= 15 is 0 Å². The van der Waals surface area contributed by atoms with Crippen molar-refractivity contribution in [3.63, 3.8) is 0 Å². The van der Waals surface area contributed by atoms with Gasteiger partial charge in [0.25, 0.3) is 0 Å². The molecule has 0 aliphatic rings. The van der Waals surface area contributed by atoms with E-state index in [2.05, 4.69) is 0 Å². The van der Waals surface area contributed by atoms with Gasteiger partial charge in [-0.3, -0.25) is 0 Å². The van der Waals surface area contributed by atoms with Crippen LogP contribution in [0.15, 0.2) is 48.7 Å². The van der Waals surface area contributed by atoms with Crippen LogP contribution >= 0.6 is 0 Å². The predicted octanol–water partition coefficient (Wildman–Crippen LogP) is 5.59. The first-order chi connectivity index (χ1) is 12.5. The van der Waals surface area contributed by atoms with Gasteiger partial charge in [-0.2, -0.15) is 26.3 Å². The Hall–Kier alpha value is -2.97. The van der Waals surface area contributed by atoms with Crippen molar-refractivity contribution in [1.82, 2.24) is 4.57 Å². The zero-order valence-electron chi connectivity index (χ0n) is 13.4. The highest BCUT2D eigenvalue weighted by Gasteiger charge is 2.31. The maximum absolute atomic E-state index is 12.9. The monoisotopic (exact) mass is 387 g/mol. The third-order valence-electron chi connectivity index (χ3n) is 3.99. The Morgan fingerprint density at radius 2 is 1.63 bits per heavy atom. The minimum Gasteiger partial charge on any atom is -0.478 e. The number of hydrogen-bond acceptors (Lipinski definition) is 1. The topological polar surface area (TPSA) is 42.2 Å². The summed E-state index contributed by atoms with van der Waals surface area (Å²) >= 11 is 0. The van der Waals surface area contributed by atoms with Gasteiger partial charge in [-0.05, 0) is 29.3 Å². The van der Waals surface area contributed by atoms with Crippen molar-refractivity contribution in [2.75, 3.05) is 0 Å². The number of alkyl halides is 6. The average molecular weight is 387 g/mol. The average Bonchev–Trinajstić information content (AvgIpc) is 2.90. The molecule has 1 aromatic heterocycles. The van der Waals surface area contributed by atoms with Crippen LogP contribution in [0.25, 0.3) is 22.0 Å². The Morgan fingerprint density at radius 1 is 0.963 bits per heavy atom. The van der Waals surface area contributed by atoms with Crippen LogP contribution in [0.3, 0.4) is 0 Å². The third-order valence-corrected chi connectivity index (χ3v) is 3.99. The number of aromatic nitrogens is 1. The van der Waals surface area contributed by atoms with Crippen LogP contribution < -0.4 is 0 Å². The lowest BCUT2D eigenvalue weighted by molar-refractivity contribution is -0.140. The van der Waals surface area contributed by atoms with E-state index < -0.39 is 30.4 Å². The molecule has 2 aromatic carbocycles. The van der Waals surface area contributed by atoms with Crippen LogP contribution in [-0.2, 0) is 12.7 Å². The Labute approximate surface area is 148 Å². The van der Waals surface area contributed by atoms with Crippen molar-refractivity contribution in [2.24, 2.45) is 0 Å². The molecule has 0 aliphatic heterocycles. The summed E-state index contributed by atoms with van der Waals surface area (Å²) in [4.78, 5) is 11.3. The van der Waals surface area contributed by atoms with Crippen LogP contribution in [0.5, 0.6) is 0 Å². The molecule has 3 rings (SSSR count). The SMILES string of the molecule is O=C(O)c1cn(CC(F)(F)F)c2cc(-c3cccc(C(F)(F)F)c3)ccc12. The number of hydrogen-bond donors (Lipinski definition) is 1. The number of benzene rings is 2. The van der Waals surface area contributed by atoms with Crippen LogP contribution in [0, 0.1) is 0 Å². The van der Waals surface area contributed by atoms with Crippen LogP contribution in [0.1, 0.15) is 15.9 Å². The molecular formula is C18H11F6NO2. The van der Waals surface area contributed by atoms with E-state index in [0.717, 1.165) is 22.9 Å². The van der Waals surface area contributed by atoms with Gasteiger partial charge < -0.3 is 9.67 Å². The van der Waals surface area contributed by atoms with Gasteiger partial charge in [-0.15, -0.1) is 0 Å². The molecule has 142 valence electrons. The van der Waals surface area contributed by atoms with E-state index in [1.807, 2.05) is 0 Å². The quantitative estimate of drug-likeness (QED) is 0.596. The summed E-state index contributed by atoms with van der Waals surface area (Å²) < 4.78 is 77.8. The van der Waals surface area contributed by atoms with Crippen molar-refractivity contribution in [3.8, 4) is 11.1 Å². The molecule has 0 aliphatic carbocycles. The van der Waals surface area contributed by atoms with Crippen molar-refractivity contribution in [3.05, 3.63) is 59.8 Å². The molecule has 3 aromatic rings. The fourth-order valence-electron chi connectivity index (χ4n) is 2.84. The summed E-state index contributed by atoms with van der Waals surface area (Å²) in [6, 6.07) is 8.28. The summed E-state index contributed by atoms with van der Waals surface area (Å²) in [5.74, 6) is -1.40. The van der Waals surface area contributed by atoms with E-state index in [4.69, 9.17) is 0 Å². The maximum atomic E-state index is 12.9. The number of aromatic carboxylic acids is 1. The number of halogens is 6. The summed E-state index contributed by atoms with van der Waals surface area (Å²) in [5.41, 5.74) is -0.836. The summed E-state index contributed by atoms with van der Waals surface area (Å²) in [7, 11) is 0. The fraction of sp³-hybridized carbons (Fsp3) is 0.167. The van der Waals surface area contributed by atoms with Crippen molar-refractivity contribution >= 4 is 16.9 Å². The lowest BCUT2D eigenvalue weighted by Crippen LogP contribution is -2.16. The number of carboxylic acids is 1. The number of rotatable bonds is 3. The number of carboxylic acid groups (broad SMARTS) is 1. The zero-order chi connectivity index (χ0) is 20.0. The van der Waals surface area contributed by atoms with Crippen molar-refractivity contribution in [2.45, 2.75) is 18.9 Å². The highest BCUT2D eigenvalue weighted by Crippen LogP contribution is 2.34. The lowest BCUT2D eigenvalue weighted by Gasteiger charge is -2.11. The highest BCUT2D eigenvalue weighted by molar-refractivity contribution is 6.04. The second kappa shape index (κ2) is 6.33. The van der Waals surface area contributed by atoms with Gasteiger partial charge in [0.05, 0.1) is 11.1 Å². The molecule has 27 heavy (non-hydrogen) atoms. The number of fused-ring (bicyclic) bond motifs is 1. The molecule has 0 fully saturated rings. The standard InChI is InChI=1S/C18H11F6NO2/c19-17(20,21)9-25-8-14(16(26)27)13-5-4-11(7-15(13)25)10-2-1-3-12(6-10)18(22,23)24/h1-8H,9H2,(H,26,27). The first kappa shape index (κ1) is 18.8. The molecule has 3 nitrogen and oxygen atoms in total. The molecule has 0 unspecified atom stereocenters. The van der Waals surface area contributed by atoms with Gasteiger partial charge in [0.2, 0.25) is 0 Å². The molecular weight excluding hydrogens is 376 g/mol. The van der Waals surface area contributed by atoms with E-state index in [0.29, 0.717) is 0 Å². The molecule has 0 amide bonds. The summed E-state index contributed by atoms with van der Waals surface area (Å²) in [5, 5.41) is 9.26. The Kier molecular flexibility index (Phi) is 4.41. The normalized spacial score (nSPS) is 12.5. The van der Waals surface area contributed by atoms with Crippen LogP contribution in [-0.4, -0.2) is 21.8 Å². The molecule has 0 radical (unpaired) electrons. The first-order valence-electron chi connectivity index (χ1n) is 7.56. The Morgan fingerprint density at radius 3 is 2.22 bits per heavy atom. The minimum atomic E-state index is -4.59. The zero-order valence-corrected chi connectivity index (χ0v) is 13.4. The Balaban J connectivity index is 2.17. The summed E-state index contributed by atoms with van der Waals surface area (Å²) in [6.07, 6.45) is -8.28. The Bertz CT molecular complexity index is 1020. The number of carbonyl (C=O) groups is 1. The van der Waals surface area contributed by atoms with Crippen molar-refractivity contribution < 1.29 is 36.2 Å². The molecule has 0 atom stereocenters. The van der Waals surface area contributed by atoms with E-state index in [1.165, 1.54) is 30.3 Å². The second-order valence-corrected chi connectivity index (χ2v) is 5.90. The smallest absolute Gasteiger partial charge is 0.416 e. The van der Waals surface area contributed by atoms with Gasteiger partial charge in [0, 0.05) is 17.1 Å².